The third-order valence-electron chi connectivity index (χ3n) is 5.12. The fraction of sp³-hybridized carbons (Fsp3) is 0.192. The third kappa shape index (κ3) is 5.13. The number of aliphatic carboxylic acids is 1. The third-order valence-corrected chi connectivity index (χ3v) is 5.12. The lowest BCUT2D eigenvalue weighted by Gasteiger charge is -2.36. The van der Waals surface area contributed by atoms with Crippen molar-refractivity contribution < 1.29 is 24.2 Å². The Morgan fingerprint density at radius 3 is 2.18 bits per heavy atom. The highest BCUT2D eigenvalue weighted by atomic mass is 16.5. The maximum absolute atomic E-state index is 13.0. The molecule has 1 heterocycles. The molecule has 1 aliphatic heterocycles. The molecule has 0 aliphatic carbocycles. The summed E-state index contributed by atoms with van der Waals surface area (Å²) in [5.74, 6) is 2.24. The molecule has 0 saturated heterocycles. The predicted molar refractivity (Wildman–Crippen MR) is 123 cm³/mol. The van der Waals surface area contributed by atoms with Crippen LogP contribution in [0.25, 0.3) is 5.70 Å². The number of carboxylic acid groups (broad SMARTS) is 1. The number of carbonyl (C=O) groups excluding carboxylic acids is 2. The molecule has 2 aromatic rings. The number of allylic oxidation sites excluding steroid dienone is 1. The second-order valence-electron chi connectivity index (χ2n) is 7.27. The Morgan fingerprint density at radius 1 is 1.03 bits per heavy atom. The van der Waals surface area contributed by atoms with Crippen LogP contribution < -0.4 is 5.73 Å². The van der Waals surface area contributed by atoms with Gasteiger partial charge < -0.3 is 20.5 Å². The molecular weight excluding hydrogens is 420 g/mol. The summed E-state index contributed by atoms with van der Waals surface area (Å²) >= 11 is 0. The minimum Gasteiger partial charge on any atom is -0.478 e. The van der Waals surface area contributed by atoms with Crippen molar-refractivity contribution in [2.75, 3.05) is 13.2 Å². The van der Waals surface area contributed by atoms with Crippen LogP contribution in [0.4, 0.5) is 0 Å². The standard InChI is InChI=1S/C26H24N2O5/c1-3-33-26(32)22-17(2)28(16-21(27)29)24(19-12-8-5-9-13-19)23(25(30)31)20(22)15-14-18-10-6-4-7-11-18/h4-13,20H,3,16H2,1-2H3,(H2,27,29)(H,30,31). The lowest BCUT2D eigenvalue weighted by Crippen LogP contribution is -2.39. The lowest BCUT2D eigenvalue weighted by molar-refractivity contribution is -0.139. The normalized spacial score (nSPS) is 15.6. The Hall–Kier alpha value is -4.31. The first-order valence-corrected chi connectivity index (χ1v) is 10.4. The molecule has 7 heteroatoms. The Labute approximate surface area is 192 Å². The van der Waals surface area contributed by atoms with Crippen LogP contribution in [0.15, 0.2) is 77.5 Å². The van der Waals surface area contributed by atoms with E-state index in [0.29, 0.717) is 16.8 Å². The van der Waals surface area contributed by atoms with Crippen LogP contribution in [0.2, 0.25) is 0 Å². The second kappa shape index (κ2) is 10.3. The van der Waals surface area contributed by atoms with E-state index >= 15 is 0 Å². The number of hydrogen-bond donors (Lipinski definition) is 2. The molecular formula is C26H24N2O5. The highest BCUT2D eigenvalue weighted by Gasteiger charge is 2.40. The molecule has 0 radical (unpaired) electrons. The first-order valence-electron chi connectivity index (χ1n) is 10.4. The van der Waals surface area contributed by atoms with E-state index in [-0.39, 0.29) is 30.0 Å². The van der Waals surface area contributed by atoms with Crippen molar-refractivity contribution >= 4 is 23.5 Å². The molecule has 0 spiro atoms. The van der Waals surface area contributed by atoms with Gasteiger partial charge in [0.05, 0.1) is 29.4 Å². The summed E-state index contributed by atoms with van der Waals surface area (Å²) < 4.78 is 5.23. The highest BCUT2D eigenvalue weighted by Crippen LogP contribution is 2.40. The topological polar surface area (TPSA) is 110 Å². The van der Waals surface area contributed by atoms with Crippen LogP contribution in [0.1, 0.15) is 25.0 Å². The highest BCUT2D eigenvalue weighted by molar-refractivity contribution is 6.04. The maximum atomic E-state index is 13.0. The van der Waals surface area contributed by atoms with Crippen LogP contribution in [0, 0.1) is 17.8 Å². The summed E-state index contributed by atoms with van der Waals surface area (Å²) in [5.41, 5.74) is 7.28. The number of carboxylic acids is 1. The maximum Gasteiger partial charge on any atom is 0.337 e. The quantitative estimate of drug-likeness (QED) is 0.524. The number of benzene rings is 2. The molecule has 7 nitrogen and oxygen atoms in total. The lowest BCUT2D eigenvalue weighted by atomic mass is 9.82. The summed E-state index contributed by atoms with van der Waals surface area (Å²) in [4.78, 5) is 38.9. The SMILES string of the molecule is CCOC(=O)C1=C(C)N(CC(N)=O)C(c2ccccc2)=C(C(=O)O)C1C#Cc1ccccc1. The summed E-state index contributed by atoms with van der Waals surface area (Å²) in [7, 11) is 0. The van der Waals surface area contributed by atoms with Crippen molar-refractivity contribution in [3.05, 3.63) is 88.6 Å². The van der Waals surface area contributed by atoms with Gasteiger partial charge >= 0.3 is 11.9 Å². The Morgan fingerprint density at radius 2 is 1.64 bits per heavy atom. The number of nitrogens with two attached hydrogens (primary N) is 1. The first-order chi connectivity index (χ1) is 15.8. The van der Waals surface area contributed by atoms with Crippen molar-refractivity contribution in [1.82, 2.24) is 4.90 Å². The minimum absolute atomic E-state index is 0.0682. The molecule has 0 saturated carbocycles. The van der Waals surface area contributed by atoms with Crippen LogP contribution >= 0.6 is 0 Å². The average Bonchev–Trinajstić information content (AvgIpc) is 2.79. The van der Waals surface area contributed by atoms with Gasteiger partial charge in [0, 0.05) is 11.3 Å². The van der Waals surface area contributed by atoms with Crippen LogP contribution in [0.5, 0.6) is 0 Å². The largest absolute Gasteiger partial charge is 0.478 e. The van der Waals surface area contributed by atoms with Gasteiger partial charge in [0.25, 0.3) is 0 Å². The summed E-state index contributed by atoms with van der Waals surface area (Å²) in [6.07, 6.45) is 0. The van der Waals surface area contributed by atoms with Gasteiger partial charge in [-0.15, -0.1) is 0 Å². The number of carbonyl (C=O) groups is 3. The van der Waals surface area contributed by atoms with E-state index in [9.17, 15) is 19.5 Å². The summed E-state index contributed by atoms with van der Waals surface area (Å²) in [6, 6.07) is 17.8. The molecule has 1 atom stereocenters. The fourth-order valence-corrected chi connectivity index (χ4v) is 3.73. The van der Waals surface area contributed by atoms with Crippen molar-refractivity contribution in [3.63, 3.8) is 0 Å². The molecule has 168 valence electrons. The van der Waals surface area contributed by atoms with E-state index in [1.807, 2.05) is 18.2 Å². The number of nitrogens with zero attached hydrogens (tertiary/aromatic N) is 1. The number of amides is 1. The zero-order chi connectivity index (χ0) is 24.0. The van der Waals surface area contributed by atoms with E-state index in [0.717, 1.165) is 0 Å². The molecule has 0 bridgehead atoms. The van der Waals surface area contributed by atoms with Crippen molar-refractivity contribution in [2.45, 2.75) is 13.8 Å². The minimum atomic E-state index is -1.26. The predicted octanol–water partition coefficient (Wildman–Crippen LogP) is 2.79. The number of esters is 1. The van der Waals surface area contributed by atoms with E-state index in [4.69, 9.17) is 10.5 Å². The van der Waals surface area contributed by atoms with Crippen LogP contribution in [0.3, 0.4) is 0 Å². The van der Waals surface area contributed by atoms with Gasteiger partial charge in [-0.2, -0.15) is 0 Å². The zero-order valence-corrected chi connectivity index (χ0v) is 18.4. The van der Waals surface area contributed by atoms with Gasteiger partial charge in [-0.25, -0.2) is 9.59 Å². The van der Waals surface area contributed by atoms with E-state index in [2.05, 4.69) is 11.8 Å². The van der Waals surface area contributed by atoms with Crippen LogP contribution in [-0.2, 0) is 19.1 Å². The first kappa shape index (κ1) is 23.4. The van der Waals surface area contributed by atoms with Gasteiger partial charge in [0.2, 0.25) is 5.91 Å². The fourth-order valence-electron chi connectivity index (χ4n) is 3.73. The van der Waals surface area contributed by atoms with Gasteiger partial charge in [-0.1, -0.05) is 60.4 Å². The van der Waals surface area contributed by atoms with Crippen LogP contribution in [-0.4, -0.2) is 41.0 Å². The van der Waals surface area contributed by atoms with E-state index < -0.39 is 23.8 Å². The van der Waals surface area contributed by atoms with Gasteiger partial charge in [-0.3, -0.25) is 4.79 Å². The summed E-state index contributed by atoms with van der Waals surface area (Å²) in [6.45, 7) is 3.08. The van der Waals surface area contributed by atoms with Crippen molar-refractivity contribution in [1.29, 1.82) is 0 Å². The number of primary amides is 1. The van der Waals surface area contributed by atoms with E-state index in [1.165, 1.54) is 4.90 Å². The molecule has 1 unspecified atom stereocenters. The van der Waals surface area contributed by atoms with Crippen molar-refractivity contribution in [3.8, 4) is 11.8 Å². The summed E-state index contributed by atoms with van der Waals surface area (Å²) in [5, 5.41) is 10.3. The average molecular weight is 444 g/mol. The van der Waals surface area contributed by atoms with Gasteiger partial charge in [0.1, 0.15) is 6.54 Å². The molecule has 3 N–H and O–H groups in total. The molecule has 0 fully saturated rings. The van der Waals surface area contributed by atoms with E-state index in [1.54, 1.807) is 56.3 Å². The molecule has 2 aromatic carbocycles. The van der Waals surface area contributed by atoms with Gasteiger partial charge in [-0.05, 0) is 31.5 Å². The Kier molecular flexibility index (Phi) is 7.31. The number of hydrogen-bond acceptors (Lipinski definition) is 5. The number of ether oxygens (including phenoxy) is 1. The monoisotopic (exact) mass is 444 g/mol. The number of rotatable bonds is 6. The van der Waals surface area contributed by atoms with Crippen molar-refractivity contribution in [2.24, 2.45) is 11.7 Å². The Balaban J connectivity index is 2.33. The molecule has 0 aromatic heterocycles. The Bertz CT molecular complexity index is 1190. The second-order valence-corrected chi connectivity index (χ2v) is 7.27. The van der Waals surface area contributed by atoms with Gasteiger partial charge in [0.15, 0.2) is 0 Å². The zero-order valence-electron chi connectivity index (χ0n) is 18.4. The smallest absolute Gasteiger partial charge is 0.337 e. The molecule has 3 rings (SSSR count). The molecule has 1 aliphatic rings. The molecule has 33 heavy (non-hydrogen) atoms. The molecule has 1 amide bonds.